The zero-order chi connectivity index (χ0) is 17.0. The van der Waals surface area contributed by atoms with Crippen molar-refractivity contribution in [3.8, 4) is 5.75 Å². The molecule has 1 aromatic carbocycles. The third-order valence-electron chi connectivity index (χ3n) is 3.06. The van der Waals surface area contributed by atoms with Crippen molar-refractivity contribution in [2.75, 3.05) is 0 Å². The minimum absolute atomic E-state index is 0.0161. The van der Waals surface area contributed by atoms with Crippen LogP contribution in [-0.4, -0.2) is 13.4 Å². The highest BCUT2D eigenvalue weighted by Crippen LogP contribution is 2.24. The van der Waals surface area contributed by atoms with E-state index in [2.05, 4.69) is 4.98 Å². The van der Waals surface area contributed by atoms with Crippen molar-refractivity contribution in [2.45, 2.75) is 18.1 Å². The van der Waals surface area contributed by atoms with Crippen molar-refractivity contribution in [3.63, 3.8) is 0 Å². The van der Waals surface area contributed by atoms with E-state index in [0.717, 1.165) is 15.6 Å². The van der Waals surface area contributed by atoms with Crippen molar-refractivity contribution < 1.29 is 13.2 Å². The molecule has 0 atom stereocenters. The number of benzene rings is 1. The van der Waals surface area contributed by atoms with Crippen LogP contribution in [-0.2, 0) is 27.9 Å². The lowest BCUT2D eigenvalue weighted by molar-refractivity contribution is 0.305. The molecule has 0 N–H and O–H groups in total. The molecule has 0 amide bonds. The Kier molecular flexibility index (Phi) is 5.55. The van der Waals surface area contributed by atoms with E-state index in [9.17, 15) is 8.42 Å². The third-order valence-corrected chi connectivity index (χ3v) is 6.84. The number of sulfone groups is 1. The second kappa shape index (κ2) is 7.65. The number of halogens is 1. The predicted molar refractivity (Wildman–Crippen MR) is 98.5 cm³/mol. The number of thiophene rings is 1. The van der Waals surface area contributed by atoms with Crippen LogP contribution in [0, 0.1) is 0 Å². The second-order valence-electron chi connectivity index (χ2n) is 5.07. The predicted octanol–water partition coefficient (Wildman–Crippen LogP) is 4.55. The van der Waals surface area contributed by atoms with Gasteiger partial charge in [-0.25, -0.2) is 13.4 Å². The number of para-hydroxylation sites is 1. The van der Waals surface area contributed by atoms with E-state index in [1.54, 1.807) is 17.5 Å². The second-order valence-corrected chi connectivity index (χ2v) is 9.88. The first-order valence-electron chi connectivity index (χ1n) is 7.06. The van der Waals surface area contributed by atoms with Gasteiger partial charge in [0.25, 0.3) is 0 Å². The molecule has 126 valence electrons. The molecule has 0 spiro atoms. The molecule has 4 nitrogen and oxygen atoms in total. The van der Waals surface area contributed by atoms with Gasteiger partial charge in [0.1, 0.15) is 17.4 Å². The topological polar surface area (TPSA) is 56.3 Å². The fraction of sp³-hybridized carbons (Fsp3) is 0.188. The van der Waals surface area contributed by atoms with Crippen LogP contribution in [0.5, 0.6) is 5.75 Å². The van der Waals surface area contributed by atoms with Gasteiger partial charge in [0.2, 0.25) is 0 Å². The van der Waals surface area contributed by atoms with Gasteiger partial charge in [0.05, 0.1) is 21.5 Å². The first-order valence-corrected chi connectivity index (χ1v) is 11.0. The molecule has 0 bridgehead atoms. The van der Waals surface area contributed by atoms with Crippen molar-refractivity contribution in [3.05, 3.63) is 67.8 Å². The highest BCUT2D eigenvalue weighted by atomic mass is 35.5. The van der Waals surface area contributed by atoms with Crippen LogP contribution < -0.4 is 4.74 Å². The molecule has 0 aliphatic carbocycles. The number of nitrogens with zero attached hydrogens (tertiary/aromatic N) is 1. The summed E-state index contributed by atoms with van der Waals surface area (Å²) in [6.45, 7) is 0.329. The molecule has 0 fully saturated rings. The maximum Gasteiger partial charge on any atom is 0.160 e. The van der Waals surface area contributed by atoms with Crippen LogP contribution in [0.25, 0.3) is 0 Å². The van der Waals surface area contributed by atoms with Gasteiger partial charge in [-0.05, 0) is 24.3 Å². The van der Waals surface area contributed by atoms with Crippen LogP contribution in [0.1, 0.15) is 15.6 Å². The number of aromatic nitrogens is 1. The first-order chi connectivity index (χ1) is 11.5. The standard InChI is InChI=1S/C16H14ClNO3S3/c17-15-7-6-14(23-15)11-24(19,20)10-12-9-22-16(18-12)8-21-13-4-2-1-3-5-13/h1-7,9H,8,10-11H2. The Labute approximate surface area is 153 Å². The Balaban J connectivity index is 1.59. The molecule has 3 rings (SSSR count). The fourth-order valence-electron chi connectivity index (χ4n) is 2.07. The van der Waals surface area contributed by atoms with Gasteiger partial charge in [-0.15, -0.1) is 22.7 Å². The van der Waals surface area contributed by atoms with Crippen molar-refractivity contribution in [1.82, 2.24) is 4.98 Å². The summed E-state index contributed by atoms with van der Waals surface area (Å²) in [6, 6.07) is 12.9. The zero-order valence-corrected chi connectivity index (χ0v) is 15.7. The van der Waals surface area contributed by atoms with E-state index < -0.39 is 9.84 Å². The van der Waals surface area contributed by atoms with E-state index in [1.807, 2.05) is 30.3 Å². The van der Waals surface area contributed by atoms with Crippen LogP contribution in [0.3, 0.4) is 0 Å². The molecular formula is C16H14ClNO3S3. The van der Waals surface area contributed by atoms with E-state index in [4.69, 9.17) is 16.3 Å². The summed E-state index contributed by atoms with van der Waals surface area (Å²) in [4.78, 5) is 5.09. The van der Waals surface area contributed by atoms with Crippen molar-refractivity contribution in [1.29, 1.82) is 0 Å². The van der Waals surface area contributed by atoms with E-state index in [0.29, 0.717) is 16.6 Å². The van der Waals surface area contributed by atoms with E-state index in [1.165, 1.54) is 22.7 Å². The summed E-state index contributed by atoms with van der Waals surface area (Å²) >= 11 is 8.52. The lowest BCUT2D eigenvalue weighted by Gasteiger charge is -2.03. The van der Waals surface area contributed by atoms with Gasteiger partial charge in [-0.3, -0.25) is 0 Å². The van der Waals surface area contributed by atoms with Gasteiger partial charge in [0.15, 0.2) is 9.84 Å². The molecule has 2 aromatic heterocycles. The average molecular weight is 400 g/mol. The minimum Gasteiger partial charge on any atom is -0.486 e. The molecule has 0 saturated carbocycles. The molecule has 3 aromatic rings. The normalized spacial score (nSPS) is 11.5. The average Bonchev–Trinajstić information content (AvgIpc) is 3.14. The summed E-state index contributed by atoms with van der Waals surface area (Å²) < 4.78 is 30.7. The number of hydrogen-bond acceptors (Lipinski definition) is 6. The van der Waals surface area contributed by atoms with Gasteiger partial charge < -0.3 is 4.74 Å². The molecule has 0 unspecified atom stereocenters. The lowest BCUT2D eigenvalue weighted by atomic mass is 10.3. The Morgan fingerprint density at radius 3 is 2.58 bits per heavy atom. The van der Waals surface area contributed by atoms with Crippen LogP contribution in [0.2, 0.25) is 4.34 Å². The summed E-state index contributed by atoms with van der Waals surface area (Å²) in [5, 5.41) is 2.52. The largest absolute Gasteiger partial charge is 0.486 e. The highest BCUT2D eigenvalue weighted by molar-refractivity contribution is 7.90. The SMILES string of the molecule is O=S(=O)(Cc1csc(COc2ccccc2)n1)Cc1ccc(Cl)s1. The van der Waals surface area contributed by atoms with Crippen LogP contribution in [0.15, 0.2) is 47.8 Å². The molecule has 8 heteroatoms. The monoisotopic (exact) mass is 399 g/mol. The number of thiazole rings is 1. The zero-order valence-electron chi connectivity index (χ0n) is 12.5. The van der Waals surface area contributed by atoms with Gasteiger partial charge in [-0.1, -0.05) is 29.8 Å². The van der Waals surface area contributed by atoms with E-state index in [-0.39, 0.29) is 11.5 Å². The highest BCUT2D eigenvalue weighted by Gasteiger charge is 2.17. The summed E-state index contributed by atoms with van der Waals surface area (Å²) in [5.41, 5.74) is 0.550. The van der Waals surface area contributed by atoms with Gasteiger partial charge in [0, 0.05) is 10.3 Å². The smallest absolute Gasteiger partial charge is 0.160 e. The summed E-state index contributed by atoms with van der Waals surface area (Å²) in [5.74, 6) is 0.665. The minimum atomic E-state index is -3.27. The fourth-order valence-corrected chi connectivity index (χ4v) is 5.76. The lowest BCUT2D eigenvalue weighted by Crippen LogP contribution is -2.07. The summed E-state index contributed by atoms with van der Waals surface area (Å²) in [7, 11) is -3.27. The Bertz CT molecular complexity index is 904. The Hall–Kier alpha value is -1.41. The van der Waals surface area contributed by atoms with Crippen molar-refractivity contribution in [2.24, 2.45) is 0 Å². The van der Waals surface area contributed by atoms with Crippen LogP contribution >= 0.6 is 34.3 Å². The molecule has 2 heterocycles. The van der Waals surface area contributed by atoms with E-state index >= 15 is 0 Å². The number of hydrogen-bond donors (Lipinski definition) is 0. The Morgan fingerprint density at radius 1 is 1.08 bits per heavy atom. The quantitative estimate of drug-likeness (QED) is 0.584. The molecule has 0 saturated heterocycles. The first kappa shape index (κ1) is 17.4. The third kappa shape index (κ3) is 5.04. The molecule has 0 radical (unpaired) electrons. The molecule has 0 aliphatic heterocycles. The number of ether oxygens (including phenoxy) is 1. The summed E-state index contributed by atoms with van der Waals surface area (Å²) in [6.07, 6.45) is 0. The molecular weight excluding hydrogens is 386 g/mol. The van der Waals surface area contributed by atoms with Crippen molar-refractivity contribution >= 4 is 44.1 Å². The van der Waals surface area contributed by atoms with Crippen LogP contribution in [0.4, 0.5) is 0 Å². The van der Waals surface area contributed by atoms with Gasteiger partial charge >= 0.3 is 0 Å². The molecule has 24 heavy (non-hydrogen) atoms. The number of rotatable bonds is 7. The Morgan fingerprint density at radius 2 is 1.88 bits per heavy atom. The maximum atomic E-state index is 12.3. The maximum absolute atomic E-state index is 12.3. The molecule has 0 aliphatic rings. The van der Waals surface area contributed by atoms with Gasteiger partial charge in [-0.2, -0.15) is 0 Å².